The molecule has 0 unspecified atom stereocenters. The molecule has 21 heavy (non-hydrogen) atoms. The minimum absolute atomic E-state index is 0.0190. The third kappa shape index (κ3) is 4.60. The molecule has 0 aliphatic heterocycles. The molecule has 1 aromatic rings. The number of benzene rings is 1. The van der Waals surface area contributed by atoms with Crippen molar-refractivity contribution in [3.8, 4) is 24.7 Å². The van der Waals surface area contributed by atoms with Gasteiger partial charge < -0.3 is 0 Å². The van der Waals surface area contributed by atoms with Gasteiger partial charge in [0.25, 0.3) is 5.69 Å². The Morgan fingerprint density at radius 3 is 2.29 bits per heavy atom. The van der Waals surface area contributed by atoms with Crippen molar-refractivity contribution in [1.82, 2.24) is 4.31 Å². The Hall–Kier alpha value is -2.35. The summed E-state index contributed by atoms with van der Waals surface area (Å²) in [5.41, 5.74) is 0.251. The van der Waals surface area contributed by atoms with E-state index in [1.165, 1.54) is 18.2 Å². The van der Waals surface area contributed by atoms with Crippen molar-refractivity contribution >= 4 is 15.7 Å². The topological polar surface area (TPSA) is 80.5 Å². The highest BCUT2D eigenvalue weighted by atomic mass is 32.2. The Kier molecular flexibility index (Phi) is 5.92. The van der Waals surface area contributed by atoms with Gasteiger partial charge in [0, 0.05) is 11.6 Å². The Balaban J connectivity index is 2.90. The Morgan fingerprint density at radius 1 is 1.19 bits per heavy atom. The fourth-order valence-corrected chi connectivity index (χ4v) is 3.00. The zero-order valence-corrected chi connectivity index (χ0v) is 12.0. The van der Waals surface area contributed by atoms with Crippen molar-refractivity contribution in [2.75, 3.05) is 18.8 Å². The number of para-hydroxylation sites is 1. The van der Waals surface area contributed by atoms with Gasteiger partial charge in [-0.25, -0.2) is 8.42 Å². The molecule has 0 saturated heterocycles. The summed E-state index contributed by atoms with van der Waals surface area (Å²) in [6.07, 6.45) is 10.2. The van der Waals surface area contributed by atoms with Crippen LogP contribution < -0.4 is 0 Å². The van der Waals surface area contributed by atoms with E-state index in [2.05, 4.69) is 11.8 Å². The lowest BCUT2D eigenvalue weighted by Crippen LogP contribution is -2.34. The third-order valence-corrected chi connectivity index (χ3v) is 4.51. The van der Waals surface area contributed by atoms with E-state index in [1.807, 2.05) is 0 Å². The molecule has 0 atom stereocenters. The van der Waals surface area contributed by atoms with Gasteiger partial charge in [-0.1, -0.05) is 30.0 Å². The minimum atomic E-state index is -3.66. The van der Waals surface area contributed by atoms with Crippen LogP contribution in [0.15, 0.2) is 24.3 Å². The van der Waals surface area contributed by atoms with Crippen molar-refractivity contribution in [3.63, 3.8) is 0 Å². The summed E-state index contributed by atoms with van der Waals surface area (Å²) in [4.78, 5) is 10.3. The van der Waals surface area contributed by atoms with E-state index < -0.39 is 14.9 Å². The second-order valence-corrected chi connectivity index (χ2v) is 6.22. The SMILES string of the molecule is C#CCN(CC#C)S(=O)(=O)CCc1ccccc1[N+](=O)[O-]. The Morgan fingerprint density at radius 2 is 1.76 bits per heavy atom. The van der Waals surface area contributed by atoms with Crippen LogP contribution in [-0.4, -0.2) is 36.5 Å². The first-order valence-electron chi connectivity index (χ1n) is 5.99. The Bertz CT molecular complexity index is 682. The third-order valence-electron chi connectivity index (χ3n) is 2.75. The van der Waals surface area contributed by atoms with E-state index in [4.69, 9.17) is 12.8 Å². The first-order chi connectivity index (χ1) is 9.92. The molecule has 0 saturated carbocycles. The van der Waals surface area contributed by atoms with Crippen molar-refractivity contribution in [2.45, 2.75) is 6.42 Å². The molecule has 1 rings (SSSR count). The van der Waals surface area contributed by atoms with Crippen LogP contribution in [0.5, 0.6) is 0 Å². The molecule has 0 aliphatic carbocycles. The molecular weight excluding hydrogens is 292 g/mol. The first kappa shape index (κ1) is 16.7. The average molecular weight is 306 g/mol. The second kappa shape index (κ2) is 7.44. The normalized spacial score (nSPS) is 10.8. The lowest BCUT2D eigenvalue weighted by molar-refractivity contribution is -0.385. The molecule has 110 valence electrons. The number of rotatable bonds is 7. The maximum absolute atomic E-state index is 12.1. The minimum Gasteiger partial charge on any atom is -0.258 e. The van der Waals surface area contributed by atoms with Crippen LogP contribution in [0, 0.1) is 34.8 Å². The first-order valence-corrected chi connectivity index (χ1v) is 7.60. The van der Waals surface area contributed by atoms with Gasteiger partial charge in [-0.15, -0.1) is 12.8 Å². The molecule has 0 fully saturated rings. The second-order valence-electron chi connectivity index (χ2n) is 4.13. The van der Waals surface area contributed by atoms with E-state index in [0.29, 0.717) is 5.56 Å². The molecule has 0 radical (unpaired) electrons. The van der Waals surface area contributed by atoms with Gasteiger partial charge in [0.15, 0.2) is 0 Å². The van der Waals surface area contributed by atoms with E-state index >= 15 is 0 Å². The van der Waals surface area contributed by atoms with E-state index in [0.717, 1.165) is 4.31 Å². The lowest BCUT2D eigenvalue weighted by atomic mass is 10.1. The highest BCUT2D eigenvalue weighted by molar-refractivity contribution is 7.89. The summed E-state index contributed by atoms with van der Waals surface area (Å²) in [7, 11) is -3.66. The smallest absolute Gasteiger partial charge is 0.258 e. The summed E-state index contributed by atoms with van der Waals surface area (Å²) in [6.45, 7) is -0.243. The monoisotopic (exact) mass is 306 g/mol. The molecule has 0 amide bonds. The average Bonchev–Trinajstić information content (AvgIpc) is 2.45. The summed E-state index contributed by atoms with van der Waals surface area (Å²) in [6, 6.07) is 6.01. The lowest BCUT2D eigenvalue weighted by Gasteiger charge is -2.17. The van der Waals surface area contributed by atoms with Crippen LogP contribution in [0.4, 0.5) is 5.69 Å². The zero-order chi connectivity index (χ0) is 15.9. The molecule has 7 heteroatoms. The van der Waals surface area contributed by atoms with Crippen LogP contribution >= 0.6 is 0 Å². The highest BCUT2D eigenvalue weighted by Crippen LogP contribution is 2.19. The number of hydrogen-bond acceptors (Lipinski definition) is 4. The molecule has 0 aromatic heterocycles. The van der Waals surface area contributed by atoms with Crippen LogP contribution in [0.2, 0.25) is 0 Å². The van der Waals surface area contributed by atoms with Gasteiger partial charge in [0.2, 0.25) is 10.0 Å². The molecule has 0 N–H and O–H groups in total. The molecule has 0 spiro atoms. The number of hydrogen-bond donors (Lipinski definition) is 0. The predicted octanol–water partition coefficient (Wildman–Crippen LogP) is 1.04. The van der Waals surface area contributed by atoms with Crippen LogP contribution in [-0.2, 0) is 16.4 Å². The van der Waals surface area contributed by atoms with Crippen LogP contribution in [0.1, 0.15) is 5.56 Å². The number of nitro benzene ring substituents is 1. The van der Waals surface area contributed by atoms with Crippen molar-refractivity contribution < 1.29 is 13.3 Å². The van der Waals surface area contributed by atoms with Crippen LogP contribution in [0.25, 0.3) is 0 Å². The molecule has 0 aliphatic rings. The van der Waals surface area contributed by atoms with E-state index in [1.54, 1.807) is 6.07 Å². The number of terminal acetylenes is 2. The van der Waals surface area contributed by atoms with Gasteiger partial charge in [0.05, 0.1) is 23.8 Å². The summed E-state index contributed by atoms with van der Waals surface area (Å²) in [5, 5.41) is 10.9. The molecule has 1 aromatic carbocycles. The number of nitro groups is 1. The van der Waals surface area contributed by atoms with Gasteiger partial charge in [0.1, 0.15) is 0 Å². The Labute approximate surface area is 124 Å². The van der Waals surface area contributed by atoms with Crippen LogP contribution in [0.3, 0.4) is 0 Å². The maximum atomic E-state index is 12.1. The summed E-state index contributed by atoms with van der Waals surface area (Å²) in [5.74, 6) is 4.17. The molecule has 6 nitrogen and oxygen atoms in total. The number of nitrogens with zero attached hydrogens (tertiary/aromatic N) is 2. The van der Waals surface area contributed by atoms with E-state index in [-0.39, 0.29) is 31.0 Å². The molecule has 0 bridgehead atoms. The number of aryl methyl sites for hydroxylation is 1. The van der Waals surface area contributed by atoms with Gasteiger partial charge in [-0.05, 0) is 6.42 Å². The predicted molar refractivity (Wildman–Crippen MR) is 79.8 cm³/mol. The van der Waals surface area contributed by atoms with Gasteiger partial charge in [-0.3, -0.25) is 10.1 Å². The summed E-state index contributed by atoms with van der Waals surface area (Å²) >= 11 is 0. The van der Waals surface area contributed by atoms with Crippen molar-refractivity contribution in [3.05, 3.63) is 39.9 Å². The van der Waals surface area contributed by atoms with E-state index in [9.17, 15) is 18.5 Å². The van der Waals surface area contributed by atoms with Crippen molar-refractivity contribution in [1.29, 1.82) is 0 Å². The fourth-order valence-electron chi connectivity index (χ4n) is 1.72. The van der Waals surface area contributed by atoms with Gasteiger partial charge >= 0.3 is 0 Å². The van der Waals surface area contributed by atoms with Crippen molar-refractivity contribution in [2.24, 2.45) is 0 Å². The maximum Gasteiger partial charge on any atom is 0.272 e. The van der Waals surface area contributed by atoms with Gasteiger partial charge in [-0.2, -0.15) is 4.31 Å². The summed E-state index contributed by atoms with van der Waals surface area (Å²) < 4.78 is 25.3. The highest BCUT2D eigenvalue weighted by Gasteiger charge is 2.22. The fraction of sp³-hybridized carbons (Fsp3) is 0.286. The largest absolute Gasteiger partial charge is 0.272 e. The number of sulfonamides is 1. The molecule has 0 heterocycles. The quantitative estimate of drug-likeness (QED) is 0.428. The molecular formula is C14H14N2O4S. The standard InChI is InChI=1S/C14H14N2O4S/c1-3-10-15(11-4-2)21(19,20)12-9-13-7-5-6-8-14(13)16(17)18/h1-2,5-8H,9-12H2. The zero-order valence-electron chi connectivity index (χ0n) is 11.2.